The lowest BCUT2D eigenvalue weighted by Gasteiger charge is -2.14. The van der Waals surface area contributed by atoms with Crippen LogP contribution in [0.2, 0.25) is 0 Å². The molecule has 0 spiro atoms. The number of halogens is 1. The average molecular weight is 597 g/mol. The van der Waals surface area contributed by atoms with E-state index in [0.29, 0.717) is 17.1 Å². The Hall–Kier alpha value is -4.33. The highest BCUT2D eigenvalue weighted by Crippen LogP contribution is 2.29. The molecule has 42 heavy (non-hydrogen) atoms. The number of nitrogens with zero attached hydrogens (tertiary/aromatic N) is 3. The number of methoxy groups -OCH3 is 1. The zero-order valence-corrected chi connectivity index (χ0v) is 24.8. The fraction of sp³-hybridized carbons (Fsp3) is 0.276. The van der Waals surface area contributed by atoms with Crippen LogP contribution >= 0.6 is 0 Å². The van der Waals surface area contributed by atoms with E-state index < -0.39 is 27.3 Å². The summed E-state index contributed by atoms with van der Waals surface area (Å²) in [5.74, 6) is 0.318. The van der Waals surface area contributed by atoms with Gasteiger partial charge in [-0.15, -0.1) is 0 Å². The van der Waals surface area contributed by atoms with E-state index in [4.69, 9.17) is 9.47 Å². The molecule has 2 aromatic carbocycles. The number of ether oxygens (including phenoxy) is 2. The number of aryl methyl sites for hydroxylation is 1. The molecule has 222 valence electrons. The number of hydrogen-bond donors (Lipinski definition) is 3. The van der Waals surface area contributed by atoms with Gasteiger partial charge in [-0.25, -0.2) is 27.0 Å². The van der Waals surface area contributed by atoms with Crippen LogP contribution in [0.25, 0.3) is 5.69 Å². The zero-order chi connectivity index (χ0) is 30.5. The molecule has 2 amide bonds. The minimum absolute atomic E-state index is 0.0191. The Morgan fingerprint density at radius 2 is 1.79 bits per heavy atom. The summed E-state index contributed by atoms with van der Waals surface area (Å²) in [7, 11) is -2.34. The third-order valence-corrected chi connectivity index (χ3v) is 7.44. The van der Waals surface area contributed by atoms with Crippen molar-refractivity contribution in [3.63, 3.8) is 0 Å². The Labute approximate surface area is 244 Å². The van der Waals surface area contributed by atoms with Crippen LogP contribution in [0.4, 0.5) is 20.7 Å². The number of carbonyl (C=O) groups is 1. The van der Waals surface area contributed by atoms with Crippen LogP contribution in [-0.4, -0.2) is 49.5 Å². The van der Waals surface area contributed by atoms with Gasteiger partial charge in [-0.1, -0.05) is 26.8 Å². The third kappa shape index (κ3) is 7.69. The molecule has 4 aromatic rings. The zero-order valence-electron chi connectivity index (χ0n) is 23.9. The molecule has 0 aliphatic carbocycles. The van der Waals surface area contributed by atoms with Crippen LogP contribution in [0.15, 0.2) is 71.8 Å². The first kappa shape index (κ1) is 30.6. The van der Waals surface area contributed by atoms with Crippen molar-refractivity contribution in [3.05, 3.63) is 84.1 Å². The van der Waals surface area contributed by atoms with Crippen LogP contribution in [0.3, 0.4) is 0 Å². The van der Waals surface area contributed by atoms with Crippen LogP contribution in [0, 0.1) is 12.7 Å². The molecule has 0 atom stereocenters. The lowest BCUT2D eigenvalue weighted by atomic mass is 9.92. The molecule has 0 aliphatic heterocycles. The second-order valence-electron chi connectivity index (χ2n) is 10.4. The van der Waals surface area contributed by atoms with E-state index in [-0.39, 0.29) is 35.3 Å². The molecule has 0 radical (unpaired) electrons. The molecule has 0 bridgehead atoms. The Kier molecular flexibility index (Phi) is 9.24. The molecule has 0 aliphatic rings. The summed E-state index contributed by atoms with van der Waals surface area (Å²) in [4.78, 5) is 17.1. The molecule has 0 saturated heterocycles. The minimum atomic E-state index is -3.82. The topological polar surface area (TPSA) is 136 Å². The monoisotopic (exact) mass is 596 g/mol. The van der Waals surface area contributed by atoms with Crippen molar-refractivity contribution < 1.29 is 27.1 Å². The number of pyridine rings is 1. The summed E-state index contributed by atoms with van der Waals surface area (Å²) in [6, 6.07) is 14.6. The SMILES string of the molecule is COCCNS(=O)(=O)c1cccc(-n2nc(C(C)(C)C)cc2NC(=O)Nc2ccc(Oc3ccnc(C)c3)cc2F)c1. The molecule has 2 aromatic heterocycles. The van der Waals surface area contributed by atoms with E-state index in [1.54, 1.807) is 36.5 Å². The van der Waals surface area contributed by atoms with E-state index in [1.165, 1.54) is 42.1 Å². The van der Waals surface area contributed by atoms with Crippen molar-refractivity contribution in [1.29, 1.82) is 0 Å². The molecule has 0 fully saturated rings. The molecule has 0 unspecified atom stereocenters. The Morgan fingerprint density at radius 3 is 2.48 bits per heavy atom. The van der Waals surface area contributed by atoms with E-state index in [0.717, 1.165) is 5.69 Å². The van der Waals surface area contributed by atoms with Gasteiger partial charge in [0.2, 0.25) is 10.0 Å². The van der Waals surface area contributed by atoms with E-state index in [1.807, 2.05) is 27.7 Å². The Balaban J connectivity index is 1.56. The largest absolute Gasteiger partial charge is 0.457 e. The first-order chi connectivity index (χ1) is 19.9. The summed E-state index contributed by atoms with van der Waals surface area (Å²) in [6.45, 7) is 8.01. The lowest BCUT2D eigenvalue weighted by Crippen LogP contribution is -2.27. The smallest absolute Gasteiger partial charge is 0.324 e. The summed E-state index contributed by atoms with van der Waals surface area (Å²) in [5.41, 5.74) is 1.34. The maximum absolute atomic E-state index is 14.9. The van der Waals surface area contributed by atoms with Crippen molar-refractivity contribution >= 4 is 27.6 Å². The van der Waals surface area contributed by atoms with Gasteiger partial charge in [0, 0.05) is 49.2 Å². The highest BCUT2D eigenvalue weighted by Gasteiger charge is 2.23. The minimum Gasteiger partial charge on any atom is -0.457 e. The maximum Gasteiger partial charge on any atom is 0.324 e. The van der Waals surface area contributed by atoms with Crippen LogP contribution in [0.1, 0.15) is 32.2 Å². The maximum atomic E-state index is 14.9. The number of sulfonamides is 1. The lowest BCUT2D eigenvalue weighted by molar-refractivity contribution is 0.204. The number of rotatable bonds is 10. The van der Waals surface area contributed by atoms with E-state index in [9.17, 15) is 17.6 Å². The van der Waals surface area contributed by atoms with Gasteiger partial charge in [-0.05, 0) is 43.3 Å². The molecule has 11 nitrogen and oxygen atoms in total. The van der Waals surface area contributed by atoms with Gasteiger partial charge in [0.25, 0.3) is 0 Å². The van der Waals surface area contributed by atoms with Crippen molar-refractivity contribution in [2.75, 3.05) is 30.9 Å². The standard InChI is InChI=1S/C29H33FN6O5S/c1-19-15-22(11-12-31-19)41-21-9-10-25(24(30)17-21)33-28(37)34-27-18-26(29(2,3)4)35-36(27)20-7-6-8-23(16-20)42(38,39)32-13-14-40-5/h6-12,15-18,32H,13-14H2,1-5H3,(H2,33,34,37). The summed E-state index contributed by atoms with van der Waals surface area (Å²) in [6.07, 6.45) is 1.59. The number of urea groups is 1. The first-order valence-electron chi connectivity index (χ1n) is 13.0. The highest BCUT2D eigenvalue weighted by atomic mass is 32.2. The van der Waals surface area contributed by atoms with Gasteiger partial charge in [0.15, 0.2) is 0 Å². The average Bonchev–Trinajstić information content (AvgIpc) is 3.35. The molecular weight excluding hydrogens is 563 g/mol. The number of hydrogen-bond acceptors (Lipinski definition) is 7. The van der Waals surface area contributed by atoms with Gasteiger partial charge < -0.3 is 14.8 Å². The molecule has 2 heterocycles. The predicted octanol–water partition coefficient (Wildman–Crippen LogP) is 5.37. The number of nitrogens with one attached hydrogen (secondary N) is 3. The number of anilines is 2. The van der Waals surface area contributed by atoms with E-state index >= 15 is 0 Å². The second-order valence-corrected chi connectivity index (χ2v) is 12.2. The van der Waals surface area contributed by atoms with Crippen molar-refractivity contribution in [3.8, 4) is 17.2 Å². The molecule has 3 N–H and O–H groups in total. The molecule has 0 saturated carbocycles. The van der Waals surface area contributed by atoms with Crippen LogP contribution in [-0.2, 0) is 20.2 Å². The third-order valence-electron chi connectivity index (χ3n) is 5.98. The fourth-order valence-electron chi connectivity index (χ4n) is 3.83. The number of benzene rings is 2. The molecule has 4 rings (SSSR count). The first-order valence-corrected chi connectivity index (χ1v) is 14.5. The summed E-state index contributed by atoms with van der Waals surface area (Å²) >= 11 is 0. The van der Waals surface area contributed by atoms with E-state index in [2.05, 4.69) is 25.4 Å². The number of amides is 2. The molecular formula is C29H33FN6O5S. The summed E-state index contributed by atoms with van der Waals surface area (Å²) < 4.78 is 54.9. The van der Waals surface area contributed by atoms with Gasteiger partial charge in [0.05, 0.1) is 28.6 Å². The van der Waals surface area contributed by atoms with Crippen molar-refractivity contribution in [2.24, 2.45) is 0 Å². The van der Waals surface area contributed by atoms with Crippen LogP contribution < -0.4 is 20.1 Å². The fourth-order valence-corrected chi connectivity index (χ4v) is 4.88. The normalized spacial score (nSPS) is 11.8. The number of aromatic nitrogens is 3. The Bertz CT molecular complexity index is 1680. The van der Waals surface area contributed by atoms with Gasteiger partial charge in [0.1, 0.15) is 23.1 Å². The van der Waals surface area contributed by atoms with Crippen molar-refractivity contribution in [1.82, 2.24) is 19.5 Å². The van der Waals surface area contributed by atoms with Gasteiger partial charge in [-0.2, -0.15) is 5.10 Å². The van der Waals surface area contributed by atoms with Gasteiger partial charge in [-0.3, -0.25) is 10.3 Å². The predicted molar refractivity (Wildman–Crippen MR) is 157 cm³/mol. The molecule has 13 heteroatoms. The van der Waals surface area contributed by atoms with Gasteiger partial charge >= 0.3 is 6.03 Å². The second kappa shape index (κ2) is 12.7. The number of carbonyl (C=O) groups excluding carboxylic acids is 1. The quantitative estimate of drug-likeness (QED) is 0.209. The highest BCUT2D eigenvalue weighted by molar-refractivity contribution is 7.89. The Morgan fingerprint density at radius 1 is 1.02 bits per heavy atom. The summed E-state index contributed by atoms with van der Waals surface area (Å²) in [5, 5.41) is 9.83. The van der Waals surface area contributed by atoms with Crippen molar-refractivity contribution in [2.45, 2.75) is 38.0 Å². The van der Waals surface area contributed by atoms with Crippen LogP contribution in [0.5, 0.6) is 11.5 Å².